The monoisotopic (exact) mass is 330 g/mol. The van der Waals surface area contributed by atoms with Crippen molar-refractivity contribution in [1.29, 1.82) is 0 Å². The number of benzene rings is 1. The molecule has 0 spiro atoms. The van der Waals surface area contributed by atoms with Crippen molar-refractivity contribution < 1.29 is 14.3 Å². The first kappa shape index (κ1) is 16.8. The summed E-state index contributed by atoms with van der Waals surface area (Å²) in [6, 6.07) is 6.30. The molecule has 1 fully saturated rings. The van der Waals surface area contributed by atoms with Crippen LogP contribution in [0.1, 0.15) is 38.3 Å². The van der Waals surface area contributed by atoms with Gasteiger partial charge in [0.15, 0.2) is 0 Å². The summed E-state index contributed by atoms with van der Waals surface area (Å²) in [5.41, 5.74) is 3.16. The molecule has 24 heavy (non-hydrogen) atoms. The van der Waals surface area contributed by atoms with Gasteiger partial charge in [0.05, 0.1) is 0 Å². The molecule has 1 aliphatic heterocycles. The Morgan fingerprint density at radius 1 is 1.08 bits per heavy atom. The van der Waals surface area contributed by atoms with E-state index in [9.17, 15) is 9.59 Å². The normalized spacial score (nSPS) is 18.4. The van der Waals surface area contributed by atoms with Crippen LogP contribution in [0.4, 0.5) is 10.5 Å². The number of hydrogen-bond donors (Lipinski definition) is 0. The zero-order chi connectivity index (χ0) is 17.3. The summed E-state index contributed by atoms with van der Waals surface area (Å²) in [5, 5.41) is 0. The first-order chi connectivity index (χ1) is 11.3. The van der Waals surface area contributed by atoms with Crippen molar-refractivity contribution in [2.24, 2.45) is 0 Å². The third-order valence-corrected chi connectivity index (χ3v) is 4.57. The first-order valence-electron chi connectivity index (χ1n) is 8.69. The average molecular weight is 330 g/mol. The number of amides is 1. The van der Waals surface area contributed by atoms with Gasteiger partial charge in [0, 0.05) is 44.7 Å². The van der Waals surface area contributed by atoms with Crippen molar-refractivity contribution in [3.63, 3.8) is 0 Å². The van der Waals surface area contributed by atoms with Gasteiger partial charge in [0.1, 0.15) is 11.4 Å². The van der Waals surface area contributed by atoms with Crippen LogP contribution in [0.3, 0.4) is 0 Å². The second-order valence-corrected chi connectivity index (χ2v) is 7.58. The molecule has 1 aromatic carbocycles. The van der Waals surface area contributed by atoms with E-state index in [0.29, 0.717) is 31.7 Å². The molecule has 0 atom stereocenters. The summed E-state index contributed by atoms with van der Waals surface area (Å²) >= 11 is 0. The molecular weight excluding hydrogens is 304 g/mol. The lowest BCUT2D eigenvalue weighted by atomic mass is 9.89. The summed E-state index contributed by atoms with van der Waals surface area (Å²) in [4.78, 5) is 28.1. The molecule has 5 heteroatoms. The minimum Gasteiger partial charge on any atom is -0.444 e. The molecule has 130 valence electrons. The van der Waals surface area contributed by atoms with E-state index in [2.05, 4.69) is 23.1 Å². The van der Waals surface area contributed by atoms with Gasteiger partial charge in [-0.05, 0) is 44.4 Å². The largest absolute Gasteiger partial charge is 0.444 e. The SMILES string of the molecule is CC(C)(C)OC(=O)N1CCN(c2cccc3c2CC(=O)CC3)CC1. The molecule has 1 heterocycles. The van der Waals surface area contributed by atoms with E-state index in [-0.39, 0.29) is 6.09 Å². The van der Waals surface area contributed by atoms with Gasteiger partial charge in [-0.1, -0.05) is 12.1 Å². The average Bonchev–Trinajstić information content (AvgIpc) is 2.53. The Bertz CT molecular complexity index is 641. The van der Waals surface area contributed by atoms with Crippen LogP contribution in [0.25, 0.3) is 0 Å². The highest BCUT2D eigenvalue weighted by Crippen LogP contribution is 2.30. The van der Waals surface area contributed by atoms with Gasteiger partial charge in [-0.3, -0.25) is 4.79 Å². The number of fused-ring (bicyclic) bond motifs is 1. The summed E-state index contributed by atoms with van der Waals surface area (Å²) in [6.45, 7) is 8.48. The number of anilines is 1. The molecule has 1 aromatic rings. The van der Waals surface area contributed by atoms with Crippen molar-refractivity contribution in [2.75, 3.05) is 31.1 Å². The third-order valence-electron chi connectivity index (χ3n) is 4.57. The highest BCUT2D eigenvalue weighted by molar-refractivity contribution is 5.85. The van der Waals surface area contributed by atoms with Crippen molar-refractivity contribution in [3.05, 3.63) is 29.3 Å². The zero-order valence-corrected chi connectivity index (χ0v) is 14.8. The van der Waals surface area contributed by atoms with Crippen molar-refractivity contribution in [2.45, 2.75) is 45.6 Å². The summed E-state index contributed by atoms with van der Waals surface area (Å²) in [5.74, 6) is 0.322. The maximum Gasteiger partial charge on any atom is 0.410 e. The lowest BCUT2D eigenvalue weighted by Crippen LogP contribution is -2.50. The molecule has 0 N–H and O–H groups in total. The minimum atomic E-state index is -0.465. The van der Waals surface area contributed by atoms with Gasteiger partial charge in [-0.2, -0.15) is 0 Å². The van der Waals surface area contributed by atoms with Crippen molar-refractivity contribution >= 4 is 17.6 Å². The van der Waals surface area contributed by atoms with E-state index in [1.54, 1.807) is 4.90 Å². The topological polar surface area (TPSA) is 49.9 Å². The molecule has 3 rings (SSSR count). The molecule has 1 amide bonds. The molecular formula is C19H26N2O3. The van der Waals surface area contributed by atoms with Crippen LogP contribution in [0.2, 0.25) is 0 Å². The maximum absolute atomic E-state index is 12.2. The van der Waals surface area contributed by atoms with Crippen LogP contribution in [-0.4, -0.2) is 48.6 Å². The number of ketones is 1. The molecule has 0 bridgehead atoms. The van der Waals surface area contributed by atoms with Gasteiger partial charge in [0.2, 0.25) is 0 Å². The second kappa shape index (κ2) is 6.46. The van der Waals surface area contributed by atoms with Crippen LogP contribution in [0, 0.1) is 0 Å². The van der Waals surface area contributed by atoms with Crippen molar-refractivity contribution in [3.8, 4) is 0 Å². The number of rotatable bonds is 1. The van der Waals surface area contributed by atoms with Gasteiger partial charge in [0.25, 0.3) is 0 Å². The van der Waals surface area contributed by atoms with Crippen molar-refractivity contribution in [1.82, 2.24) is 4.90 Å². The Labute approximate surface area is 143 Å². The van der Waals surface area contributed by atoms with Crippen LogP contribution < -0.4 is 4.90 Å². The minimum absolute atomic E-state index is 0.243. The number of carbonyl (C=O) groups excluding carboxylic acids is 2. The van der Waals surface area contributed by atoms with Gasteiger partial charge >= 0.3 is 6.09 Å². The Hall–Kier alpha value is -2.04. The quantitative estimate of drug-likeness (QED) is 0.794. The lowest BCUT2D eigenvalue weighted by molar-refractivity contribution is -0.118. The standard InChI is InChI=1S/C19H26N2O3/c1-19(2,3)24-18(23)21-11-9-20(10-12-21)17-6-4-5-14-7-8-15(22)13-16(14)17/h4-6H,7-13H2,1-3H3. The summed E-state index contributed by atoms with van der Waals surface area (Å²) < 4.78 is 5.45. The Kier molecular flexibility index (Phi) is 4.52. The van der Waals surface area contributed by atoms with Gasteiger partial charge in [-0.15, -0.1) is 0 Å². The van der Waals surface area contributed by atoms with E-state index in [0.717, 1.165) is 25.2 Å². The predicted octanol–water partition coefficient (Wildman–Crippen LogP) is 2.80. The fourth-order valence-electron chi connectivity index (χ4n) is 3.37. The molecule has 0 radical (unpaired) electrons. The highest BCUT2D eigenvalue weighted by atomic mass is 16.6. The summed E-state index contributed by atoms with van der Waals surface area (Å²) in [6.07, 6.45) is 1.80. The van der Waals surface area contributed by atoms with Crippen LogP contribution in [0.15, 0.2) is 18.2 Å². The number of nitrogens with zero attached hydrogens (tertiary/aromatic N) is 2. The number of piperazine rings is 1. The van der Waals surface area contributed by atoms with E-state index < -0.39 is 5.60 Å². The van der Waals surface area contributed by atoms with E-state index in [4.69, 9.17) is 4.74 Å². The fourth-order valence-corrected chi connectivity index (χ4v) is 3.37. The molecule has 2 aliphatic rings. The van der Waals surface area contributed by atoms with E-state index >= 15 is 0 Å². The maximum atomic E-state index is 12.2. The Morgan fingerprint density at radius 2 is 1.79 bits per heavy atom. The Balaban J connectivity index is 1.68. The highest BCUT2D eigenvalue weighted by Gasteiger charge is 2.28. The number of carbonyl (C=O) groups is 2. The van der Waals surface area contributed by atoms with Gasteiger partial charge in [-0.25, -0.2) is 4.79 Å². The fraction of sp³-hybridized carbons (Fsp3) is 0.579. The first-order valence-corrected chi connectivity index (χ1v) is 8.69. The third kappa shape index (κ3) is 3.71. The van der Waals surface area contributed by atoms with Gasteiger partial charge < -0.3 is 14.5 Å². The molecule has 1 saturated heterocycles. The van der Waals surface area contributed by atoms with Crippen LogP contribution >= 0.6 is 0 Å². The van der Waals surface area contributed by atoms with E-state index in [1.165, 1.54) is 11.1 Å². The molecule has 0 unspecified atom stereocenters. The summed E-state index contributed by atoms with van der Waals surface area (Å²) in [7, 11) is 0. The molecule has 5 nitrogen and oxygen atoms in total. The number of hydrogen-bond acceptors (Lipinski definition) is 4. The second-order valence-electron chi connectivity index (χ2n) is 7.58. The number of ether oxygens (including phenoxy) is 1. The van der Waals surface area contributed by atoms with E-state index in [1.807, 2.05) is 20.8 Å². The molecule has 0 aromatic heterocycles. The lowest BCUT2D eigenvalue weighted by Gasteiger charge is -2.38. The Morgan fingerprint density at radius 3 is 2.46 bits per heavy atom. The number of aryl methyl sites for hydroxylation is 1. The van der Waals surface area contributed by atoms with Crippen LogP contribution in [-0.2, 0) is 22.4 Å². The van der Waals surface area contributed by atoms with Crippen LogP contribution in [0.5, 0.6) is 0 Å². The zero-order valence-electron chi connectivity index (χ0n) is 14.8. The number of Topliss-reactive ketones (excluding diaryl/α,β-unsaturated/α-hetero) is 1. The molecule has 1 aliphatic carbocycles. The smallest absolute Gasteiger partial charge is 0.410 e. The molecule has 0 saturated carbocycles. The predicted molar refractivity (Wildman–Crippen MR) is 93.5 cm³/mol.